The van der Waals surface area contributed by atoms with Crippen molar-refractivity contribution >= 4 is 63.2 Å². The third-order valence-corrected chi connectivity index (χ3v) is 4.93. The van der Waals surface area contributed by atoms with Crippen LogP contribution >= 0.6 is 57.4 Å². The number of halogens is 4. The van der Waals surface area contributed by atoms with E-state index in [1.165, 1.54) is 6.07 Å². The molecule has 0 unspecified atom stereocenters. The molecule has 0 atom stereocenters. The van der Waals surface area contributed by atoms with E-state index in [1.807, 2.05) is 6.92 Å². The summed E-state index contributed by atoms with van der Waals surface area (Å²) in [4.78, 5) is 12.5. The molecule has 2 nitrogen and oxygen atoms in total. The Morgan fingerprint density at radius 1 is 1.10 bits per heavy atom. The minimum atomic E-state index is -0.233. The fourth-order valence-corrected chi connectivity index (χ4v) is 2.74. The van der Waals surface area contributed by atoms with E-state index in [1.54, 1.807) is 24.3 Å². The van der Waals surface area contributed by atoms with Crippen molar-refractivity contribution in [2.45, 2.75) is 6.92 Å². The van der Waals surface area contributed by atoms with Crippen molar-refractivity contribution < 1.29 is 9.53 Å². The average molecular weight is 456 g/mol. The molecule has 0 fully saturated rings. The van der Waals surface area contributed by atoms with Crippen LogP contribution in [0.1, 0.15) is 22.8 Å². The van der Waals surface area contributed by atoms with E-state index >= 15 is 0 Å². The van der Waals surface area contributed by atoms with Crippen molar-refractivity contribution in [3.8, 4) is 5.75 Å². The first kappa shape index (κ1) is 16.9. The Bertz CT molecular complexity index is 702. The second kappa shape index (κ2) is 7.18. The summed E-state index contributed by atoms with van der Waals surface area (Å²) in [6, 6.07) is 8.17. The second-order valence-corrected chi connectivity index (χ2v) is 6.54. The normalized spacial score (nSPS) is 10.5. The van der Waals surface area contributed by atoms with Crippen molar-refractivity contribution in [1.82, 2.24) is 0 Å². The van der Waals surface area contributed by atoms with Crippen LogP contribution in [0.4, 0.5) is 0 Å². The standard InChI is InChI=1S/C15H10Cl3IO2/c1-2-21-14-7-10(16)9(6-12(14)18)15(20)8-3-4-13(19)11(17)5-8/h3-7H,2H2,1H3. The second-order valence-electron chi connectivity index (χ2n) is 4.15. The Hall–Kier alpha value is -0.490. The van der Waals surface area contributed by atoms with Crippen molar-refractivity contribution in [1.29, 1.82) is 0 Å². The van der Waals surface area contributed by atoms with Gasteiger partial charge in [0.15, 0.2) is 5.78 Å². The first-order valence-corrected chi connectivity index (χ1v) is 8.27. The number of benzene rings is 2. The Morgan fingerprint density at radius 2 is 1.81 bits per heavy atom. The van der Waals surface area contributed by atoms with Gasteiger partial charge in [-0.2, -0.15) is 0 Å². The Balaban J connectivity index is 2.43. The monoisotopic (exact) mass is 454 g/mol. The van der Waals surface area contributed by atoms with Crippen LogP contribution in [-0.2, 0) is 0 Å². The fourth-order valence-electron chi connectivity index (χ4n) is 1.76. The summed E-state index contributed by atoms with van der Waals surface area (Å²) >= 11 is 20.4. The van der Waals surface area contributed by atoms with Gasteiger partial charge in [-0.3, -0.25) is 4.79 Å². The molecule has 0 spiro atoms. The summed E-state index contributed by atoms with van der Waals surface area (Å²) in [7, 11) is 0. The zero-order valence-corrected chi connectivity index (χ0v) is 15.3. The zero-order chi connectivity index (χ0) is 15.6. The number of carbonyl (C=O) groups excluding carboxylic acids is 1. The molecule has 2 aromatic carbocycles. The largest absolute Gasteiger partial charge is 0.492 e. The predicted molar refractivity (Wildman–Crippen MR) is 95.2 cm³/mol. The SMILES string of the molecule is CCOc1cc(Cl)c(C(=O)c2ccc(I)c(Cl)c2)cc1Cl. The van der Waals surface area contributed by atoms with Crippen LogP contribution in [0.3, 0.4) is 0 Å². The van der Waals surface area contributed by atoms with Gasteiger partial charge in [0.1, 0.15) is 5.75 Å². The lowest BCUT2D eigenvalue weighted by Gasteiger charge is -2.10. The van der Waals surface area contributed by atoms with Gasteiger partial charge in [-0.25, -0.2) is 0 Å². The van der Waals surface area contributed by atoms with E-state index in [-0.39, 0.29) is 5.78 Å². The maximum absolute atomic E-state index is 12.5. The van der Waals surface area contributed by atoms with Gasteiger partial charge in [0.2, 0.25) is 0 Å². The molecule has 0 bridgehead atoms. The molecule has 0 aliphatic rings. The maximum atomic E-state index is 12.5. The fraction of sp³-hybridized carbons (Fsp3) is 0.133. The molecule has 0 aromatic heterocycles. The van der Waals surface area contributed by atoms with E-state index in [9.17, 15) is 4.79 Å². The number of carbonyl (C=O) groups is 1. The molecule has 0 heterocycles. The Morgan fingerprint density at radius 3 is 2.43 bits per heavy atom. The van der Waals surface area contributed by atoms with Crippen LogP contribution in [0.2, 0.25) is 15.1 Å². The number of hydrogen-bond donors (Lipinski definition) is 0. The lowest BCUT2D eigenvalue weighted by atomic mass is 10.0. The molecule has 0 aliphatic carbocycles. The minimum Gasteiger partial charge on any atom is -0.492 e. The highest BCUT2D eigenvalue weighted by Crippen LogP contribution is 2.33. The van der Waals surface area contributed by atoms with Crippen LogP contribution < -0.4 is 4.74 Å². The van der Waals surface area contributed by atoms with E-state index < -0.39 is 0 Å². The van der Waals surface area contributed by atoms with Crippen LogP contribution in [0, 0.1) is 3.57 Å². The highest BCUT2D eigenvalue weighted by atomic mass is 127. The molecule has 2 aromatic rings. The molecule has 21 heavy (non-hydrogen) atoms. The summed E-state index contributed by atoms with van der Waals surface area (Å²) in [5.74, 6) is 0.226. The maximum Gasteiger partial charge on any atom is 0.194 e. The lowest BCUT2D eigenvalue weighted by Crippen LogP contribution is -2.03. The van der Waals surface area contributed by atoms with Gasteiger partial charge >= 0.3 is 0 Å². The molecule has 110 valence electrons. The first-order chi connectivity index (χ1) is 9.93. The van der Waals surface area contributed by atoms with Crippen molar-refractivity contribution in [3.63, 3.8) is 0 Å². The molecule has 0 amide bonds. The highest BCUT2D eigenvalue weighted by molar-refractivity contribution is 14.1. The molecule has 6 heteroatoms. The Kier molecular flexibility index (Phi) is 5.77. The summed E-state index contributed by atoms with van der Waals surface area (Å²) in [5.41, 5.74) is 0.782. The van der Waals surface area contributed by atoms with Crippen LogP contribution in [-0.4, -0.2) is 12.4 Å². The first-order valence-electron chi connectivity index (χ1n) is 6.05. The third-order valence-electron chi connectivity index (χ3n) is 2.75. The minimum absolute atomic E-state index is 0.233. The Labute approximate surface area is 151 Å². The van der Waals surface area contributed by atoms with E-state index in [0.29, 0.717) is 38.6 Å². The molecular formula is C15H10Cl3IO2. The van der Waals surface area contributed by atoms with Gasteiger partial charge in [-0.05, 0) is 53.8 Å². The number of ether oxygens (including phenoxy) is 1. The average Bonchev–Trinajstić information content (AvgIpc) is 2.45. The van der Waals surface area contributed by atoms with E-state index in [0.717, 1.165) is 3.57 Å². The van der Waals surface area contributed by atoms with Gasteiger partial charge in [-0.1, -0.05) is 34.8 Å². The van der Waals surface area contributed by atoms with Crippen molar-refractivity contribution in [2.75, 3.05) is 6.61 Å². The van der Waals surface area contributed by atoms with Gasteiger partial charge in [0.05, 0.1) is 21.7 Å². The van der Waals surface area contributed by atoms with Gasteiger partial charge in [0, 0.05) is 20.8 Å². The molecule has 0 N–H and O–H groups in total. The summed E-state index contributed by atoms with van der Waals surface area (Å²) < 4.78 is 6.22. The third kappa shape index (κ3) is 3.83. The summed E-state index contributed by atoms with van der Waals surface area (Å²) in [5, 5.41) is 1.17. The molecule has 0 radical (unpaired) electrons. The molecular weight excluding hydrogens is 445 g/mol. The van der Waals surface area contributed by atoms with Crippen LogP contribution in [0.15, 0.2) is 30.3 Å². The van der Waals surface area contributed by atoms with E-state index in [4.69, 9.17) is 39.5 Å². The number of hydrogen-bond acceptors (Lipinski definition) is 2. The summed E-state index contributed by atoms with van der Waals surface area (Å²) in [6.45, 7) is 2.31. The van der Waals surface area contributed by atoms with Crippen molar-refractivity contribution in [2.24, 2.45) is 0 Å². The quantitative estimate of drug-likeness (QED) is 0.425. The topological polar surface area (TPSA) is 26.3 Å². The van der Waals surface area contributed by atoms with Gasteiger partial charge < -0.3 is 4.74 Å². The lowest BCUT2D eigenvalue weighted by molar-refractivity contribution is 0.103. The van der Waals surface area contributed by atoms with E-state index in [2.05, 4.69) is 22.6 Å². The van der Waals surface area contributed by atoms with Crippen LogP contribution in [0.25, 0.3) is 0 Å². The smallest absolute Gasteiger partial charge is 0.194 e. The zero-order valence-electron chi connectivity index (χ0n) is 10.9. The highest BCUT2D eigenvalue weighted by Gasteiger charge is 2.17. The molecule has 2 rings (SSSR count). The predicted octanol–water partition coefficient (Wildman–Crippen LogP) is 5.88. The molecule has 0 saturated heterocycles. The van der Waals surface area contributed by atoms with Crippen LogP contribution in [0.5, 0.6) is 5.75 Å². The molecule has 0 aliphatic heterocycles. The number of ketones is 1. The molecule has 0 saturated carbocycles. The van der Waals surface area contributed by atoms with Crippen molar-refractivity contribution in [3.05, 3.63) is 60.1 Å². The number of rotatable bonds is 4. The van der Waals surface area contributed by atoms with Gasteiger partial charge in [-0.15, -0.1) is 0 Å². The van der Waals surface area contributed by atoms with Gasteiger partial charge in [0.25, 0.3) is 0 Å². The summed E-state index contributed by atoms with van der Waals surface area (Å²) in [6.07, 6.45) is 0.